The topological polar surface area (TPSA) is 61.8 Å². The van der Waals surface area contributed by atoms with Gasteiger partial charge in [-0.15, -0.1) is 0 Å². The summed E-state index contributed by atoms with van der Waals surface area (Å²) in [4.78, 5) is 21.9. The Bertz CT molecular complexity index is 280. The van der Waals surface area contributed by atoms with Crippen LogP contribution in [0.5, 0.6) is 0 Å². The molecule has 0 bridgehead atoms. The zero-order valence-electron chi connectivity index (χ0n) is 9.44. The first-order valence-corrected chi connectivity index (χ1v) is 5.95. The van der Waals surface area contributed by atoms with Crippen molar-refractivity contribution in [1.82, 2.24) is 0 Å². The van der Waals surface area contributed by atoms with Gasteiger partial charge in [0.25, 0.3) is 0 Å². The van der Waals surface area contributed by atoms with Crippen LogP contribution in [0.25, 0.3) is 0 Å². The number of halogens is 1. The van der Waals surface area contributed by atoms with Gasteiger partial charge in [0.05, 0.1) is 6.10 Å². The Balaban J connectivity index is 2.71. The first kappa shape index (κ1) is 13.4. The lowest BCUT2D eigenvalue weighted by Crippen LogP contribution is -2.49. The second-order valence-corrected chi connectivity index (χ2v) is 4.73. The molecule has 0 aromatic carbocycles. The summed E-state index contributed by atoms with van der Waals surface area (Å²) in [6.07, 6.45) is -0.863. The Morgan fingerprint density at radius 1 is 1.25 bits per heavy atom. The summed E-state index contributed by atoms with van der Waals surface area (Å²) < 4.78 is 15.7. The SMILES string of the molecule is CC(=O)O[C@H]1[C@@H](C)O[C@H](Br)C[C@H]1OC(C)=O. The second kappa shape index (κ2) is 5.63. The van der Waals surface area contributed by atoms with Gasteiger partial charge in [-0.05, 0) is 6.92 Å². The molecule has 92 valence electrons. The third-order valence-electron chi connectivity index (χ3n) is 2.23. The lowest BCUT2D eigenvalue weighted by Gasteiger charge is -2.37. The molecular weight excluding hydrogens is 280 g/mol. The van der Waals surface area contributed by atoms with Crippen LogP contribution in [0.15, 0.2) is 0 Å². The van der Waals surface area contributed by atoms with Crippen LogP contribution in [-0.4, -0.2) is 35.3 Å². The first-order valence-electron chi connectivity index (χ1n) is 5.04. The summed E-state index contributed by atoms with van der Waals surface area (Å²) in [7, 11) is 0. The van der Waals surface area contributed by atoms with Crippen molar-refractivity contribution in [1.29, 1.82) is 0 Å². The number of rotatable bonds is 2. The highest BCUT2D eigenvalue weighted by atomic mass is 79.9. The largest absolute Gasteiger partial charge is 0.458 e. The van der Waals surface area contributed by atoms with E-state index >= 15 is 0 Å². The van der Waals surface area contributed by atoms with E-state index in [1.807, 2.05) is 0 Å². The van der Waals surface area contributed by atoms with Gasteiger partial charge in [-0.25, -0.2) is 0 Å². The zero-order chi connectivity index (χ0) is 12.3. The van der Waals surface area contributed by atoms with E-state index in [0.29, 0.717) is 6.42 Å². The molecule has 0 amide bonds. The maximum absolute atomic E-state index is 10.9. The smallest absolute Gasteiger partial charge is 0.303 e. The molecule has 1 aliphatic heterocycles. The molecule has 0 aromatic rings. The fourth-order valence-electron chi connectivity index (χ4n) is 1.68. The van der Waals surface area contributed by atoms with Crippen LogP contribution in [-0.2, 0) is 23.8 Å². The van der Waals surface area contributed by atoms with Gasteiger partial charge in [0.1, 0.15) is 11.1 Å². The minimum atomic E-state index is -0.546. The highest BCUT2D eigenvalue weighted by Gasteiger charge is 2.39. The average molecular weight is 295 g/mol. The summed E-state index contributed by atoms with van der Waals surface area (Å²) in [6.45, 7) is 4.42. The first-order chi connectivity index (χ1) is 7.40. The minimum Gasteiger partial charge on any atom is -0.458 e. The minimum absolute atomic E-state index is 0.196. The molecular formula is C10H15BrO5. The average Bonchev–Trinajstić information content (AvgIpc) is 2.09. The lowest BCUT2D eigenvalue weighted by molar-refractivity contribution is -0.193. The Morgan fingerprint density at radius 2 is 1.81 bits per heavy atom. The molecule has 0 radical (unpaired) electrons. The maximum Gasteiger partial charge on any atom is 0.303 e. The molecule has 1 aliphatic rings. The molecule has 0 saturated carbocycles. The van der Waals surface area contributed by atoms with Crippen LogP contribution < -0.4 is 0 Å². The molecule has 0 aliphatic carbocycles. The van der Waals surface area contributed by atoms with Gasteiger partial charge in [-0.1, -0.05) is 15.9 Å². The molecule has 1 saturated heterocycles. The number of carbonyl (C=O) groups excluding carboxylic acids is 2. The molecule has 1 rings (SSSR count). The number of hydrogen-bond donors (Lipinski definition) is 0. The molecule has 6 heteroatoms. The normalized spacial score (nSPS) is 34.2. The monoisotopic (exact) mass is 294 g/mol. The summed E-state index contributed by atoms with van der Waals surface area (Å²) >= 11 is 3.30. The van der Waals surface area contributed by atoms with Crippen molar-refractivity contribution >= 4 is 27.9 Å². The van der Waals surface area contributed by atoms with Crippen molar-refractivity contribution < 1.29 is 23.8 Å². The van der Waals surface area contributed by atoms with E-state index in [1.54, 1.807) is 6.92 Å². The van der Waals surface area contributed by atoms with Crippen molar-refractivity contribution in [3.63, 3.8) is 0 Å². The fourth-order valence-corrected chi connectivity index (χ4v) is 2.39. The van der Waals surface area contributed by atoms with Crippen LogP contribution in [0.4, 0.5) is 0 Å². The molecule has 0 N–H and O–H groups in total. The van der Waals surface area contributed by atoms with Crippen LogP contribution in [0, 0.1) is 0 Å². The third-order valence-corrected chi connectivity index (χ3v) is 2.82. The number of hydrogen-bond acceptors (Lipinski definition) is 5. The van der Waals surface area contributed by atoms with E-state index < -0.39 is 24.1 Å². The summed E-state index contributed by atoms with van der Waals surface area (Å²) in [5.74, 6) is -0.804. The predicted molar refractivity (Wildman–Crippen MR) is 59.0 cm³/mol. The Kier molecular flexibility index (Phi) is 4.73. The van der Waals surface area contributed by atoms with Gasteiger partial charge < -0.3 is 14.2 Å². The van der Waals surface area contributed by atoms with E-state index in [2.05, 4.69) is 15.9 Å². The van der Waals surface area contributed by atoms with E-state index in [0.717, 1.165) is 0 Å². The Hall–Kier alpha value is -0.620. The Morgan fingerprint density at radius 3 is 2.31 bits per heavy atom. The molecule has 16 heavy (non-hydrogen) atoms. The van der Waals surface area contributed by atoms with E-state index in [-0.39, 0.29) is 11.1 Å². The van der Waals surface area contributed by atoms with Gasteiger partial charge in [-0.3, -0.25) is 9.59 Å². The van der Waals surface area contributed by atoms with E-state index in [1.165, 1.54) is 13.8 Å². The number of esters is 2. The Labute approximate surface area is 103 Å². The number of carbonyl (C=O) groups is 2. The van der Waals surface area contributed by atoms with Gasteiger partial charge in [-0.2, -0.15) is 0 Å². The van der Waals surface area contributed by atoms with Crippen LogP contribution in [0.1, 0.15) is 27.2 Å². The second-order valence-electron chi connectivity index (χ2n) is 3.71. The fraction of sp³-hybridized carbons (Fsp3) is 0.800. The molecule has 1 fully saturated rings. The molecule has 0 spiro atoms. The van der Waals surface area contributed by atoms with Gasteiger partial charge in [0, 0.05) is 20.3 Å². The lowest BCUT2D eigenvalue weighted by atomic mass is 10.0. The van der Waals surface area contributed by atoms with Gasteiger partial charge >= 0.3 is 11.9 Å². The highest BCUT2D eigenvalue weighted by Crippen LogP contribution is 2.28. The molecule has 0 aromatic heterocycles. The van der Waals surface area contributed by atoms with Gasteiger partial charge in [0.15, 0.2) is 6.10 Å². The standard InChI is InChI=1S/C10H15BrO5/c1-5-10(16-7(3)13)8(15-6(2)12)4-9(11)14-5/h5,8-10H,4H2,1-3H3/t5-,8-,9+,10+/m1/s1. The highest BCUT2D eigenvalue weighted by molar-refractivity contribution is 9.09. The van der Waals surface area contributed by atoms with Crippen molar-refractivity contribution in [3.05, 3.63) is 0 Å². The van der Waals surface area contributed by atoms with Crippen molar-refractivity contribution in [2.75, 3.05) is 0 Å². The van der Waals surface area contributed by atoms with E-state index in [4.69, 9.17) is 14.2 Å². The molecule has 0 unspecified atom stereocenters. The van der Waals surface area contributed by atoms with Crippen LogP contribution >= 0.6 is 15.9 Å². The van der Waals surface area contributed by atoms with E-state index in [9.17, 15) is 9.59 Å². The maximum atomic E-state index is 10.9. The predicted octanol–water partition coefficient (Wildman–Crippen LogP) is 1.38. The zero-order valence-corrected chi connectivity index (χ0v) is 11.0. The third kappa shape index (κ3) is 3.75. The summed E-state index contributed by atoms with van der Waals surface area (Å²) in [5.41, 5.74) is 0. The number of alkyl halides is 1. The van der Waals surface area contributed by atoms with Crippen LogP contribution in [0.3, 0.4) is 0 Å². The van der Waals surface area contributed by atoms with Crippen molar-refractivity contribution in [2.45, 2.75) is 50.5 Å². The van der Waals surface area contributed by atoms with Gasteiger partial charge in [0.2, 0.25) is 0 Å². The molecule has 4 atom stereocenters. The van der Waals surface area contributed by atoms with Crippen molar-refractivity contribution in [2.24, 2.45) is 0 Å². The molecule has 1 heterocycles. The summed E-state index contributed by atoms with van der Waals surface area (Å²) in [5, 5.41) is -0.196. The van der Waals surface area contributed by atoms with Crippen LogP contribution in [0.2, 0.25) is 0 Å². The summed E-state index contributed by atoms with van der Waals surface area (Å²) in [6, 6.07) is 0. The van der Waals surface area contributed by atoms with Crippen molar-refractivity contribution in [3.8, 4) is 0 Å². The molecule has 5 nitrogen and oxygen atoms in total. The quantitative estimate of drug-likeness (QED) is 0.569. The number of ether oxygens (including phenoxy) is 3.